The van der Waals surface area contributed by atoms with E-state index in [0.29, 0.717) is 0 Å². The van der Waals surface area contributed by atoms with Gasteiger partial charge in [0.05, 0.1) is 0 Å². The van der Waals surface area contributed by atoms with Gasteiger partial charge in [-0.25, -0.2) is 18.4 Å². The zero-order valence-corrected chi connectivity index (χ0v) is 23.9. The SMILES string of the molecule is Cc1cc(F)c(OC(=O)N(C)C)cc1SSSSSSc1cc(OC(=O)N(C)C)c(F)cc1C. The summed E-state index contributed by atoms with van der Waals surface area (Å²) in [5, 5.41) is 0. The highest BCUT2D eigenvalue weighted by molar-refractivity contribution is 9.41. The number of benzene rings is 2. The maximum atomic E-state index is 14.1. The Morgan fingerprint density at radius 2 is 1.03 bits per heavy atom. The molecule has 0 N–H and O–H groups in total. The maximum Gasteiger partial charge on any atom is 0.414 e. The van der Waals surface area contributed by atoms with Crippen LogP contribution in [0, 0.1) is 25.5 Å². The zero-order valence-electron chi connectivity index (χ0n) is 19.0. The highest BCUT2D eigenvalue weighted by atomic mass is 33.9. The van der Waals surface area contributed by atoms with Gasteiger partial charge in [-0.15, -0.1) is 0 Å². The minimum absolute atomic E-state index is 0.118. The largest absolute Gasteiger partial charge is 0.414 e. The van der Waals surface area contributed by atoms with Crippen LogP contribution in [-0.4, -0.2) is 50.2 Å². The highest BCUT2D eigenvalue weighted by Crippen LogP contribution is 2.56. The number of rotatable bonds is 9. The van der Waals surface area contributed by atoms with E-state index in [1.165, 1.54) is 123 Å². The number of nitrogens with zero attached hydrogens (tertiary/aromatic N) is 2. The lowest BCUT2D eigenvalue weighted by Gasteiger charge is -2.13. The first-order valence-electron chi connectivity index (χ1n) is 9.39. The molecule has 6 nitrogen and oxygen atoms in total. The van der Waals surface area contributed by atoms with Gasteiger partial charge in [0, 0.05) is 38.0 Å². The summed E-state index contributed by atoms with van der Waals surface area (Å²) in [5.41, 5.74) is 1.46. The van der Waals surface area contributed by atoms with Crippen molar-refractivity contribution in [2.45, 2.75) is 23.6 Å². The minimum Gasteiger partial charge on any atom is -0.407 e. The number of halogens is 2. The molecule has 2 aromatic carbocycles. The topological polar surface area (TPSA) is 59.1 Å². The lowest BCUT2D eigenvalue weighted by Crippen LogP contribution is -2.25. The first-order valence-corrected chi connectivity index (χ1v) is 16.9. The van der Waals surface area contributed by atoms with E-state index in [2.05, 4.69) is 0 Å². The third kappa shape index (κ3) is 8.86. The van der Waals surface area contributed by atoms with Gasteiger partial charge in [0.15, 0.2) is 23.1 Å². The maximum absolute atomic E-state index is 14.1. The number of hydrogen-bond acceptors (Lipinski definition) is 10. The smallest absolute Gasteiger partial charge is 0.407 e. The molecular formula is C20H22F2N2O4S6. The van der Waals surface area contributed by atoms with E-state index < -0.39 is 23.8 Å². The Morgan fingerprint density at radius 3 is 1.35 bits per heavy atom. The van der Waals surface area contributed by atoms with Crippen molar-refractivity contribution in [3.05, 3.63) is 47.0 Å². The molecule has 0 bridgehead atoms. The van der Waals surface area contributed by atoms with Crippen molar-refractivity contribution in [1.82, 2.24) is 9.80 Å². The second-order valence-corrected chi connectivity index (χ2v) is 16.3. The molecule has 0 atom stereocenters. The molecule has 0 unspecified atom stereocenters. The summed E-state index contributed by atoms with van der Waals surface area (Å²) in [5.74, 6) is -1.43. The molecule has 0 aliphatic heterocycles. The van der Waals surface area contributed by atoms with E-state index in [4.69, 9.17) is 9.47 Å². The third-order valence-electron chi connectivity index (χ3n) is 3.91. The predicted molar refractivity (Wildman–Crippen MR) is 144 cm³/mol. The van der Waals surface area contributed by atoms with Crippen LogP contribution in [0.25, 0.3) is 0 Å². The molecule has 0 aliphatic carbocycles. The molecule has 14 heteroatoms. The van der Waals surface area contributed by atoms with Crippen LogP contribution in [-0.2, 0) is 0 Å². The number of aryl methyl sites for hydroxylation is 2. The Morgan fingerprint density at radius 1 is 0.676 bits per heavy atom. The number of carbonyl (C=O) groups excluding carboxylic acids is 2. The van der Waals surface area contributed by atoms with Crippen LogP contribution < -0.4 is 9.47 Å². The molecule has 2 aromatic rings. The number of amides is 2. The third-order valence-corrected chi connectivity index (χ3v) is 14.7. The zero-order chi connectivity index (χ0) is 25.4. The van der Waals surface area contributed by atoms with Crippen molar-refractivity contribution < 1.29 is 27.8 Å². The highest BCUT2D eigenvalue weighted by Gasteiger charge is 2.16. The number of carbonyl (C=O) groups is 2. The van der Waals surface area contributed by atoms with Crippen LogP contribution in [0.1, 0.15) is 11.1 Å². The van der Waals surface area contributed by atoms with Gasteiger partial charge in [-0.1, -0.05) is 0 Å². The fourth-order valence-electron chi connectivity index (χ4n) is 2.10. The lowest BCUT2D eigenvalue weighted by molar-refractivity contribution is 0.169. The van der Waals surface area contributed by atoms with Crippen LogP contribution in [0.5, 0.6) is 11.5 Å². The van der Waals surface area contributed by atoms with Crippen LogP contribution in [0.4, 0.5) is 18.4 Å². The summed E-state index contributed by atoms with van der Waals surface area (Å²) in [6, 6.07) is 5.69. The van der Waals surface area contributed by atoms with Gasteiger partial charge in [0.2, 0.25) is 0 Å². The molecule has 0 aliphatic rings. The summed E-state index contributed by atoms with van der Waals surface area (Å²) in [4.78, 5) is 27.4. The molecule has 0 radical (unpaired) electrons. The molecule has 186 valence electrons. The van der Waals surface area contributed by atoms with E-state index >= 15 is 0 Å². The van der Waals surface area contributed by atoms with E-state index in [1.54, 1.807) is 13.8 Å². The molecule has 0 fully saturated rings. The van der Waals surface area contributed by atoms with Crippen molar-refractivity contribution in [3.8, 4) is 11.5 Å². The predicted octanol–water partition coefficient (Wildman–Crippen LogP) is 8.09. The molecule has 2 amide bonds. The van der Waals surface area contributed by atoms with Gasteiger partial charge in [0.25, 0.3) is 0 Å². The lowest BCUT2D eigenvalue weighted by atomic mass is 10.2. The Bertz CT molecular complexity index is 961. The first-order chi connectivity index (χ1) is 16.0. The van der Waals surface area contributed by atoms with Gasteiger partial charge >= 0.3 is 12.2 Å². The second kappa shape index (κ2) is 13.9. The van der Waals surface area contributed by atoms with Gasteiger partial charge in [-0.3, -0.25) is 0 Å². The summed E-state index contributed by atoms with van der Waals surface area (Å²) >= 11 is 0. The van der Waals surface area contributed by atoms with Crippen LogP contribution in [0.3, 0.4) is 0 Å². The van der Waals surface area contributed by atoms with Gasteiger partial charge in [-0.05, 0) is 110 Å². The van der Waals surface area contributed by atoms with Crippen molar-refractivity contribution in [1.29, 1.82) is 0 Å². The van der Waals surface area contributed by atoms with E-state index in [-0.39, 0.29) is 11.5 Å². The average Bonchev–Trinajstić information content (AvgIpc) is 2.75. The molecular weight excluding hydrogens is 563 g/mol. The Labute approximate surface area is 220 Å². The quantitative estimate of drug-likeness (QED) is 0.213. The molecule has 0 spiro atoms. The van der Waals surface area contributed by atoms with E-state index in [9.17, 15) is 18.4 Å². The van der Waals surface area contributed by atoms with Gasteiger partial charge in [0.1, 0.15) is 0 Å². The Hall–Kier alpha value is -1.06. The summed E-state index contributed by atoms with van der Waals surface area (Å²) < 4.78 is 38.4. The van der Waals surface area contributed by atoms with Crippen LogP contribution in [0.15, 0.2) is 34.1 Å². The molecule has 0 saturated heterocycles. The molecule has 34 heavy (non-hydrogen) atoms. The minimum atomic E-state index is -0.652. The summed E-state index contributed by atoms with van der Waals surface area (Å²) in [7, 11) is 14.9. The molecule has 0 heterocycles. The fraction of sp³-hybridized carbons (Fsp3) is 0.300. The van der Waals surface area contributed by atoms with Gasteiger partial charge < -0.3 is 19.3 Å². The molecule has 0 saturated carbocycles. The standard InChI is InChI=1S/C20H22F2N2O4S6/c1-11-7-13(21)15(27-19(25)23(3)4)9-17(11)29-31-33-34-32-30-18-10-16(14(22)8-12(18)2)28-20(26)24(5)6/h7-10H,1-6H3. The Kier molecular flexibility index (Phi) is 11.9. The average molecular weight is 585 g/mol. The first kappa shape index (κ1) is 29.2. The summed E-state index contributed by atoms with van der Waals surface area (Å²) in [6.07, 6.45) is -1.30. The van der Waals surface area contributed by atoms with Crippen molar-refractivity contribution >= 4 is 73.1 Å². The van der Waals surface area contributed by atoms with E-state index in [0.717, 1.165) is 20.9 Å². The van der Waals surface area contributed by atoms with E-state index in [1.807, 2.05) is 0 Å². The second-order valence-electron chi connectivity index (χ2n) is 7.06. The van der Waals surface area contributed by atoms with Gasteiger partial charge in [-0.2, -0.15) is 0 Å². The Balaban J connectivity index is 1.87. The fourth-order valence-corrected chi connectivity index (χ4v) is 13.5. The molecule has 2 rings (SSSR count). The monoisotopic (exact) mass is 584 g/mol. The van der Waals surface area contributed by atoms with Crippen molar-refractivity contribution in [2.75, 3.05) is 28.2 Å². The summed E-state index contributed by atoms with van der Waals surface area (Å²) in [6.45, 7) is 3.56. The number of hydrogen-bond donors (Lipinski definition) is 0. The number of ether oxygens (including phenoxy) is 2. The van der Waals surface area contributed by atoms with Crippen molar-refractivity contribution in [2.24, 2.45) is 0 Å². The van der Waals surface area contributed by atoms with Crippen LogP contribution >= 0.6 is 60.9 Å². The van der Waals surface area contributed by atoms with Crippen LogP contribution in [0.2, 0.25) is 0 Å². The normalized spacial score (nSPS) is 10.7. The molecule has 0 aromatic heterocycles. The van der Waals surface area contributed by atoms with Crippen molar-refractivity contribution in [3.63, 3.8) is 0 Å².